The number of methoxy groups -OCH3 is 1. The van der Waals surface area contributed by atoms with Gasteiger partial charge >= 0.3 is 5.97 Å². The SMILES string of the molecule is COCCOCC(=O)N[C@H](CCCc1ccccc1)C(=O)O. The lowest BCUT2D eigenvalue weighted by molar-refractivity contribution is -0.142. The summed E-state index contributed by atoms with van der Waals surface area (Å²) in [5.74, 6) is -1.46. The van der Waals surface area contributed by atoms with E-state index >= 15 is 0 Å². The van der Waals surface area contributed by atoms with E-state index in [2.05, 4.69) is 5.32 Å². The number of carbonyl (C=O) groups excluding carboxylic acids is 1. The third-order valence-corrected chi connectivity index (χ3v) is 3.10. The molecule has 6 heteroatoms. The number of benzene rings is 1. The second-order valence-corrected chi connectivity index (χ2v) is 4.88. The minimum absolute atomic E-state index is 0.161. The normalized spacial score (nSPS) is 11.9. The predicted octanol–water partition coefficient (Wildman–Crippen LogP) is 1.24. The van der Waals surface area contributed by atoms with Gasteiger partial charge in [0.2, 0.25) is 5.91 Å². The van der Waals surface area contributed by atoms with Crippen molar-refractivity contribution >= 4 is 11.9 Å². The van der Waals surface area contributed by atoms with Gasteiger partial charge in [-0.15, -0.1) is 0 Å². The van der Waals surface area contributed by atoms with Gasteiger partial charge in [0.05, 0.1) is 13.2 Å². The monoisotopic (exact) mass is 309 g/mol. The molecule has 1 amide bonds. The van der Waals surface area contributed by atoms with E-state index in [1.165, 1.54) is 7.11 Å². The van der Waals surface area contributed by atoms with Crippen LogP contribution >= 0.6 is 0 Å². The molecule has 2 N–H and O–H groups in total. The molecule has 0 fully saturated rings. The molecule has 0 spiro atoms. The number of aryl methyl sites for hydroxylation is 1. The van der Waals surface area contributed by atoms with Gasteiger partial charge in [0.1, 0.15) is 12.6 Å². The third-order valence-electron chi connectivity index (χ3n) is 3.10. The van der Waals surface area contributed by atoms with E-state index in [1.807, 2.05) is 30.3 Å². The van der Waals surface area contributed by atoms with Gasteiger partial charge in [-0.3, -0.25) is 4.79 Å². The maximum absolute atomic E-state index is 11.6. The van der Waals surface area contributed by atoms with Crippen LogP contribution in [0.2, 0.25) is 0 Å². The number of aliphatic carboxylic acids is 1. The molecule has 1 rings (SSSR count). The van der Waals surface area contributed by atoms with Gasteiger partial charge in [-0.05, 0) is 24.8 Å². The number of carboxylic acids is 1. The highest BCUT2D eigenvalue weighted by Crippen LogP contribution is 2.07. The van der Waals surface area contributed by atoms with E-state index in [1.54, 1.807) is 0 Å². The summed E-state index contributed by atoms with van der Waals surface area (Å²) in [7, 11) is 1.54. The van der Waals surface area contributed by atoms with E-state index in [0.717, 1.165) is 12.0 Å². The van der Waals surface area contributed by atoms with Gasteiger partial charge < -0.3 is 19.9 Å². The molecule has 0 saturated heterocycles. The van der Waals surface area contributed by atoms with Gasteiger partial charge in [-0.1, -0.05) is 30.3 Å². The highest BCUT2D eigenvalue weighted by molar-refractivity contribution is 5.84. The first-order valence-electron chi connectivity index (χ1n) is 7.26. The third kappa shape index (κ3) is 7.75. The van der Waals surface area contributed by atoms with Crippen molar-refractivity contribution in [1.82, 2.24) is 5.32 Å². The first kappa shape index (κ1) is 18.1. The largest absolute Gasteiger partial charge is 0.480 e. The lowest BCUT2D eigenvalue weighted by Crippen LogP contribution is -2.42. The van der Waals surface area contributed by atoms with Crippen LogP contribution in [0.3, 0.4) is 0 Å². The Labute approximate surface area is 130 Å². The summed E-state index contributed by atoms with van der Waals surface area (Å²) in [6, 6.07) is 8.94. The molecular weight excluding hydrogens is 286 g/mol. The molecule has 1 aromatic carbocycles. The zero-order valence-corrected chi connectivity index (χ0v) is 12.8. The molecule has 0 radical (unpaired) electrons. The maximum Gasteiger partial charge on any atom is 0.326 e. The van der Waals surface area contributed by atoms with Crippen molar-refractivity contribution in [3.05, 3.63) is 35.9 Å². The minimum Gasteiger partial charge on any atom is -0.480 e. The van der Waals surface area contributed by atoms with Crippen LogP contribution in [0.4, 0.5) is 0 Å². The van der Waals surface area contributed by atoms with Crippen molar-refractivity contribution in [2.75, 3.05) is 26.9 Å². The highest BCUT2D eigenvalue weighted by Gasteiger charge is 2.19. The molecule has 1 atom stereocenters. The number of nitrogens with one attached hydrogen (secondary N) is 1. The summed E-state index contributed by atoms with van der Waals surface area (Å²) in [4.78, 5) is 22.8. The lowest BCUT2D eigenvalue weighted by Gasteiger charge is -2.14. The van der Waals surface area contributed by atoms with Gasteiger partial charge in [0.15, 0.2) is 0 Å². The summed E-state index contributed by atoms with van der Waals surface area (Å²) in [6.45, 7) is 0.536. The second-order valence-electron chi connectivity index (χ2n) is 4.88. The molecule has 1 aromatic rings. The van der Waals surface area contributed by atoms with E-state index in [-0.39, 0.29) is 6.61 Å². The van der Waals surface area contributed by atoms with Crippen LogP contribution in [0, 0.1) is 0 Å². The number of ether oxygens (including phenoxy) is 2. The molecule has 0 unspecified atom stereocenters. The van der Waals surface area contributed by atoms with Gasteiger partial charge in [-0.25, -0.2) is 4.79 Å². The van der Waals surface area contributed by atoms with Crippen LogP contribution in [0.25, 0.3) is 0 Å². The van der Waals surface area contributed by atoms with Crippen LogP contribution in [0.5, 0.6) is 0 Å². The zero-order valence-electron chi connectivity index (χ0n) is 12.8. The minimum atomic E-state index is -1.03. The summed E-state index contributed by atoms with van der Waals surface area (Å²) >= 11 is 0. The number of carbonyl (C=O) groups is 2. The van der Waals surface area contributed by atoms with Crippen LogP contribution in [0.1, 0.15) is 18.4 Å². The van der Waals surface area contributed by atoms with Crippen molar-refractivity contribution in [2.45, 2.75) is 25.3 Å². The van der Waals surface area contributed by atoms with Crippen LogP contribution in [0.15, 0.2) is 30.3 Å². The first-order valence-corrected chi connectivity index (χ1v) is 7.26. The fraction of sp³-hybridized carbons (Fsp3) is 0.500. The number of hydrogen-bond donors (Lipinski definition) is 2. The first-order chi connectivity index (χ1) is 10.6. The molecule has 22 heavy (non-hydrogen) atoms. The van der Waals surface area contributed by atoms with Crippen LogP contribution < -0.4 is 5.32 Å². The molecule has 0 bridgehead atoms. The topological polar surface area (TPSA) is 84.9 Å². The van der Waals surface area contributed by atoms with E-state index in [4.69, 9.17) is 14.6 Å². The van der Waals surface area contributed by atoms with Crippen LogP contribution in [-0.2, 0) is 25.5 Å². The number of hydrogen-bond acceptors (Lipinski definition) is 4. The summed E-state index contributed by atoms with van der Waals surface area (Å²) in [6.07, 6.45) is 1.85. The second kappa shape index (κ2) is 10.8. The Kier molecular flexibility index (Phi) is 8.86. The van der Waals surface area contributed by atoms with Gasteiger partial charge in [-0.2, -0.15) is 0 Å². The van der Waals surface area contributed by atoms with E-state index in [9.17, 15) is 9.59 Å². The smallest absolute Gasteiger partial charge is 0.326 e. The molecule has 0 aliphatic heterocycles. The molecule has 0 aromatic heterocycles. The summed E-state index contributed by atoms with van der Waals surface area (Å²) in [5, 5.41) is 11.6. The highest BCUT2D eigenvalue weighted by atomic mass is 16.5. The maximum atomic E-state index is 11.6. The van der Waals surface area contributed by atoms with Gasteiger partial charge in [0, 0.05) is 7.11 Å². The fourth-order valence-electron chi connectivity index (χ4n) is 1.96. The van der Waals surface area contributed by atoms with Crippen molar-refractivity contribution in [3.8, 4) is 0 Å². The number of amides is 1. The lowest BCUT2D eigenvalue weighted by atomic mass is 10.0. The molecule has 122 valence electrons. The molecule has 6 nitrogen and oxygen atoms in total. The quantitative estimate of drug-likeness (QED) is 0.601. The van der Waals surface area contributed by atoms with E-state index in [0.29, 0.717) is 26.1 Å². The molecular formula is C16H23NO5. The molecule has 0 aliphatic rings. The zero-order chi connectivity index (χ0) is 16.2. The van der Waals surface area contributed by atoms with Crippen molar-refractivity contribution in [1.29, 1.82) is 0 Å². The van der Waals surface area contributed by atoms with Gasteiger partial charge in [0.25, 0.3) is 0 Å². The Morgan fingerprint density at radius 2 is 1.95 bits per heavy atom. The number of carboxylic acid groups (broad SMARTS) is 1. The molecule has 0 heterocycles. The Hall–Kier alpha value is -1.92. The molecule has 0 saturated carbocycles. The summed E-state index contributed by atoms with van der Waals surface area (Å²) < 4.78 is 9.85. The van der Waals surface area contributed by atoms with Crippen molar-refractivity contribution < 1.29 is 24.2 Å². The molecule has 0 aliphatic carbocycles. The van der Waals surface area contributed by atoms with Crippen molar-refractivity contribution in [2.24, 2.45) is 0 Å². The predicted molar refractivity (Wildman–Crippen MR) is 81.6 cm³/mol. The van der Waals surface area contributed by atoms with Crippen molar-refractivity contribution in [3.63, 3.8) is 0 Å². The Bertz CT molecular complexity index is 449. The summed E-state index contributed by atoms with van der Waals surface area (Å²) in [5.41, 5.74) is 1.15. The average molecular weight is 309 g/mol. The Balaban J connectivity index is 2.29. The number of rotatable bonds is 11. The standard InChI is InChI=1S/C16H23NO5/c1-21-10-11-22-12-15(18)17-14(16(19)20)9-5-8-13-6-3-2-4-7-13/h2-4,6-7,14H,5,8-12H2,1H3,(H,17,18)(H,19,20)/t14-/m1/s1. The fourth-order valence-corrected chi connectivity index (χ4v) is 1.96. The van der Waals surface area contributed by atoms with Crippen LogP contribution in [-0.4, -0.2) is 50.0 Å². The van der Waals surface area contributed by atoms with E-state index < -0.39 is 17.9 Å². The Morgan fingerprint density at radius 3 is 2.59 bits per heavy atom. The Morgan fingerprint density at radius 1 is 1.23 bits per heavy atom. The average Bonchev–Trinajstić information content (AvgIpc) is 2.51.